The van der Waals surface area contributed by atoms with E-state index in [-0.39, 0.29) is 17.1 Å². The summed E-state index contributed by atoms with van der Waals surface area (Å²) >= 11 is 0. The van der Waals surface area contributed by atoms with Gasteiger partial charge in [0.05, 0.1) is 11.5 Å². The first-order chi connectivity index (χ1) is 10.1. The van der Waals surface area contributed by atoms with Crippen molar-refractivity contribution >= 4 is 11.4 Å². The van der Waals surface area contributed by atoms with Crippen LogP contribution < -0.4 is 17.0 Å². The highest BCUT2D eigenvalue weighted by atomic mass is 16.6. The van der Waals surface area contributed by atoms with E-state index in [0.29, 0.717) is 12.6 Å². The van der Waals surface area contributed by atoms with Crippen LogP contribution in [-0.4, -0.2) is 14.1 Å². The molecule has 110 valence electrons. The first-order valence-corrected chi connectivity index (χ1v) is 6.61. The summed E-state index contributed by atoms with van der Waals surface area (Å²) in [4.78, 5) is 22.5. The van der Waals surface area contributed by atoms with Gasteiger partial charge in [0.1, 0.15) is 5.69 Å². The lowest BCUT2D eigenvalue weighted by atomic mass is 10.1. The summed E-state index contributed by atoms with van der Waals surface area (Å²) < 4.78 is 3.31. The summed E-state index contributed by atoms with van der Waals surface area (Å²) in [5.74, 6) is 5.31. The Hall–Kier alpha value is -2.61. The van der Waals surface area contributed by atoms with Crippen LogP contribution >= 0.6 is 0 Å². The van der Waals surface area contributed by atoms with Gasteiger partial charge < -0.3 is 5.43 Å². The zero-order valence-corrected chi connectivity index (χ0v) is 11.2. The first kappa shape index (κ1) is 13.4. The van der Waals surface area contributed by atoms with Crippen LogP contribution in [0.15, 0.2) is 35.4 Å². The number of nitrogens with one attached hydrogen (secondary N) is 1. The number of benzene rings is 1. The van der Waals surface area contributed by atoms with Crippen molar-refractivity contribution in [2.24, 2.45) is 5.84 Å². The van der Waals surface area contributed by atoms with Crippen molar-refractivity contribution in [3.63, 3.8) is 0 Å². The van der Waals surface area contributed by atoms with Gasteiger partial charge in [-0.15, -0.1) is 0 Å². The Kier molecular flexibility index (Phi) is 3.22. The second-order valence-corrected chi connectivity index (χ2v) is 5.10. The summed E-state index contributed by atoms with van der Waals surface area (Å²) in [5, 5.41) is 10.8. The monoisotopic (exact) mass is 289 g/mol. The van der Waals surface area contributed by atoms with Crippen molar-refractivity contribution in [3.8, 4) is 0 Å². The number of nitro benzene ring substituents is 1. The van der Waals surface area contributed by atoms with Crippen LogP contribution in [0.2, 0.25) is 0 Å². The molecule has 1 aromatic carbocycles. The number of hydrogen-bond acceptors (Lipinski definition) is 5. The Morgan fingerprint density at radius 2 is 2.14 bits per heavy atom. The highest BCUT2D eigenvalue weighted by Gasteiger charge is 2.25. The van der Waals surface area contributed by atoms with E-state index in [4.69, 9.17) is 5.84 Å². The Labute approximate surface area is 119 Å². The van der Waals surface area contributed by atoms with Crippen LogP contribution in [-0.2, 0) is 6.54 Å². The molecule has 3 rings (SSSR count). The van der Waals surface area contributed by atoms with Crippen molar-refractivity contribution in [2.75, 3.05) is 5.43 Å². The molecular formula is C13H15N5O3. The maximum absolute atomic E-state index is 12.2. The molecule has 0 aliphatic heterocycles. The van der Waals surface area contributed by atoms with Gasteiger partial charge in [-0.2, -0.15) is 0 Å². The molecule has 3 N–H and O–H groups in total. The zero-order valence-electron chi connectivity index (χ0n) is 11.2. The molecule has 8 heteroatoms. The largest absolute Gasteiger partial charge is 0.328 e. The first-order valence-electron chi connectivity index (χ1n) is 6.61. The molecule has 0 spiro atoms. The van der Waals surface area contributed by atoms with Gasteiger partial charge in [-0.3, -0.25) is 25.1 Å². The maximum atomic E-state index is 12.2. The highest BCUT2D eigenvalue weighted by molar-refractivity contribution is 5.62. The Bertz CT molecular complexity index is 745. The number of nitro groups is 1. The molecule has 1 saturated carbocycles. The number of hydrogen-bond donors (Lipinski definition) is 2. The van der Waals surface area contributed by atoms with Gasteiger partial charge in [0, 0.05) is 24.5 Å². The second-order valence-electron chi connectivity index (χ2n) is 5.10. The van der Waals surface area contributed by atoms with Crippen molar-refractivity contribution in [3.05, 3.63) is 56.8 Å². The van der Waals surface area contributed by atoms with E-state index in [0.717, 1.165) is 18.4 Å². The lowest BCUT2D eigenvalue weighted by Gasteiger charge is -2.06. The molecule has 0 atom stereocenters. The fourth-order valence-corrected chi connectivity index (χ4v) is 2.33. The third-order valence-corrected chi connectivity index (χ3v) is 3.58. The molecule has 1 aliphatic carbocycles. The topological polar surface area (TPSA) is 108 Å². The lowest BCUT2D eigenvalue weighted by molar-refractivity contribution is -0.384. The molecule has 21 heavy (non-hydrogen) atoms. The molecule has 8 nitrogen and oxygen atoms in total. The normalized spacial score (nSPS) is 14.1. The van der Waals surface area contributed by atoms with Crippen LogP contribution in [0.4, 0.5) is 11.4 Å². The summed E-state index contributed by atoms with van der Waals surface area (Å²) in [6.07, 6.45) is 5.61. The standard InChI is InChI=1S/C13H15N5O3/c14-15-11-7-9(1-4-12(11)18(20)21)8-16-5-6-17(13(16)19)10-2-3-10/h1,4-7,10,15H,2-3,8,14H2. The van der Waals surface area contributed by atoms with Crippen molar-refractivity contribution in [1.29, 1.82) is 0 Å². The molecule has 0 bridgehead atoms. The molecule has 1 heterocycles. The van der Waals surface area contributed by atoms with Crippen molar-refractivity contribution < 1.29 is 4.92 Å². The summed E-state index contributed by atoms with van der Waals surface area (Å²) in [6.45, 7) is 0.352. The summed E-state index contributed by atoms with van der Waals surface area (Å²) in [6, 6.07) is 4.92. The fourth-order valence-electron chi connectivity index (χ4n) is 2.33. The minimum Gasteiger partial charge on any atom is -0.318 e. The van der Waals surface area contributed by atoms with Gasteiger partial charge in [-0.05, 0) is 24.5 Å². The average Bonchev–Trinajstić information content (AvgIpc) is 3.25. The van der Waals surface area contributed by atoms with Crippen LogP contribution in [0.1, 0.15) is 24.4 Å². The van der Waals surface area contributed by atoms with Crippen LogP contribution in [0.5, 0.6) is 0 Å². The number of nitrogen functional groups attached to an aromatic ring is 1. The number of anilines is 1. The van der Waals surface area contributed by atoms with E-state index in [1.165, 1.54) is 6.07 Å². The lowest BCUT2D eigenvalue weighted by Crippen LogP contribution is -2.23. The average molecular weight is 289 g/mol. The summed E-state index contributed by atoms with van der Waals surface area (Å²) in [5.41, 5.74) is 3.16. The molecule has 0 saturated heterocycles. The van der Waals surface area contributed by atoms with E-state index in [1.54, 1.807) is 33.7 Å². The van der Waals surface area contributed by atoms with E-state index >= 15 is 0 Å². The van der Waals surface area contributed by atoms with Gasteiger partial charge in [-0.1, -0.05) is 6.07 Å². The molecule has 2 aromatic rings. The highest BCUT2D eigenvalue weighted by Crippen LogP contribution is 2.33. The van der Waals surface area contributed by atoms with Crippen LogP contribution in [0.25, 0.3) is 0 Å². The van der Waals surface area contributed by atoms with Crippen LogP contribution in [0, 0.1) is 10.1 Å². The number of aromatic nitrogens is 2. The molecular weight excluding hydrogens is 274 g/mol. The molecule has 0 unspecified atom stereocenters. The third kappa shape index (κ3) is 2.52. The number of rotatable bonds is 5. The fraction of sp³-hybridized carbons (Fsp3) is 0.308. The molecule has 0 amide bonds. The van der Waals surface area contributed by atoms with Gasteiger partial charge in [0.15, 0.2) is 0 Å². The quantitative estimate of drug-likeness (QED) is 0.489. The molecule has 0 radical (unpaired) electrons. The predicted molar refractivity (Wildman–Crippen MR) is 77.0 cm³/mol. The minimum atomic E-state index is -0.505. The number of imidazole rings is 1. The predicted octanol–water partition coefficient (Wildman–Crippen LogP) is 1.23. The van der Waals surface area contributed by atoms with Gasteiger partial charge in [0.2, 0.25) is 0 Å². The van der Waals surface area contributed by atoms with E-state index in [9.17, 15) is 14.9 Å². The minimum absolute atomic E-state index is 0.0573. The zero-order chi connectivity index (χ0) is 15.0. The van der Waals surface area contributed by atoms with Gasteiger partial charge in [-0.25, -0.2) is 4.79 Å². The molecule has 1 fully saturated rings. The summed E-state index contributed by atoms with van der Waals surface area (Å²) in [7, 11) is 0. The number of nitrogens with two attached hydrogens (primary N) is 1. The van der Waals surface area contributed by atoms with E-state index < -0.39 is 4.92 Å². The maximum Gasteiger partial charge on any atom is 0.328 e. The Balaban J connectivity index is 1.88. The van der Waals surface area contributed by atoms with Crippen molar-refractivity contribution in [1.82, 2.24) is 9.13 Å². The van der Waals surface area contributed by atoms with Gasteiger partial charge >= 0.3 is 5.69 Å². The Morgan fingerprint density at radius 1 is 1.38 bits per heavy atom. The van der Waals surface area contributed by atoms with Crippen LogP contribution in [0.3, 0.4) is 0 Å². The molecule has 1 aromatic heterocycles. The third-order valence-electron chi connectivity index (χ3n) is 3.58. The number of nitrogens with zero attached hydrogens (tertiary/aromatic N) is 3. The molecule has 1 aliphatic rings. The SMILES string of the molecule is NNc1cc(Cn2ccn(C3CC3)c2=O)ccc1[N+](=O)[O-]. The van der Waals surface area contributed by atoms with Crippen molar-refractivity contribution in [2.45, 2.75) is 25.4 Å². The smallest absolute Gasteiger partial charge is 0.318 e. The number of hydrazine groups is 1. The van der Waals surface area contributed by atoms with E-state index in [2.05, 4.69) is 5.43 Å². The Morgan fingerprint density at radius 3 is 2.76 bits per heavy atom. The van der Waals surface area contributed by atoms with E-state index in [1.807, 2.05) is 0 Å². The van der Waals surface area contributed by atoms with Gasteiger partial charge in [0.25, 0.3) is 5.69 Å². The second kappa shape index (κ2) is 5.06.